The number of aryl methyl sites for hydroxylation is 1. The van der Waals surface area contributed by atoms with Crippen molar-refractivity contribution < 1.29 is 9.84 Å². The fourth-order valence-electron chi connectivity index (χ4n) is 2.17. The molecule has 0 aromatic carbocycles. The van der Waals surface area contributed by atoms with Crippen LogP contribution in [0.4, 0.5) is 0 Å². The number of ether oxygens (including phenoxy) is 1. The van der Waals surface area contributed by atoms with Crippen LogP contribution in [0.3, 0.4) is 0 Å². The van der Waals surface area contributed by atoms with Gasteiger partial charge in [0.05, 0.1) is 5.69 Å². The summed E-state index contributed by atoms with van der Waals surface area (Å²) in [7, 11) is 1.88. The lowest BCUT2D eigenvalue weighted by atomic mass is 9.92. The van der Waals surface area contributed by atoms with Crippen molar-refractivity contribution in [3.8, 4) is 0 Å². The van der Waals surface area contributed by atoms with Crippen molar-refractivity contribution in [3.63, 3.8) is 0 Å². The Morgan fingerprint density at radius 3 is 2.94 bits per heavy atom. The Morgan fingerprint density at radius 1 is 1.62 bits per heavy atom. The molecule has 1 aliphatic rings. The lowest BCUT2D eigenvalue weighted by Gasteiger charge is -2.21. The van der Waals surface area contributed by atoms with Gasteiger partial charge in [0.2, 0.25) is 0 Å². The highest BCUT2D eigenvalue weighted by molar-refractivity contribution is 5.26. The molecule has 1 fully saturated rings. The Balaban J connectivity index is 2.27. The van der Waals surface area contributed by atoms with Gasteiger partial charge in [-0.15, -0.1) is 6.58 Å². The molecule has 0 aliphatic carbocycles. The van der Waals surface area contributed by atoms with E-state index >= 15 is 0 Å². The van der Waals surface area contributed by atoms with Gasteiger partial charge in [0, 0.05) is 37.9 Å². The maximum atomic E-state index is 9.85. The van der Waals surface area contributed by atoms with Gasteiger partial charge in [-0.25, -0.2) is 0 Å². The highest BCUT2D eigenvalue weighted by atomic mass is 16.5. The average molecular weight is 222 g/mol. The SMILES string of the molecule is C=CC(O)c1cn(C)nc1C1CCOCC1. The summed E-state index contributed by atoms with van der Waals surface area (Å²) in [6, 6.07) is 0. The molecule has 0 bridgehead atoms. The highest BCUT2D eigenvalue weighted by Gasteiger charge is 2.24. The lowest BCUT2D eigenvalue weighted by Crippen LogP contribution is -2.16. The van der Waals surface area contributed by atoms with E-state index in [2.05, 4.69) is 11.7 Å². The van der Waals surface area contributed by atoms with Crippen LogP contribution in [0.1, 0.15) is 36.1 Å². The quantitative estimate of drug-likeness (QED) is 0.789. The summed E-state index contributed by atoms with van der Waals surface area (Å²) in [6.45, 7) is 5.19. The minimum Gasteiger partial charge on any atom is -0.384 e. The van der Waals surface area contributed by atoms with E-state index in [1.165, 1.54) is 0 Å². The molecule has 1 unspecified atom stereocenters. The van der Waals surface area contributed by atoms with Crippen molar-refractivity contribution in [2.24, 2.45) is 7.05 Å². The molecule has 0 amide bonds. The van der Waals surface area contributed by atoms with Gasteiger partial charge in [-0.2, -0.15) is 5.10 Å². The molecular weight excluding hydrogens is 204 g/mol. The van der Waals surface area contributed by atoms with Gasteiger partial charge in [0.1, 0.15) is 6.10 Å². The molecule has 1 aromatic rings. The van der Waals surface area contributed by atoms with Gasteiger partial charge < -0.3 is 9.84 Å². The van der Waals surface area contributed by atoms with Crippen molar-refractivity contribution in [3.05, 3.63) is 30.1 Å². The molecular formula is C12H18N2O2. The number of hydrogen-bond acceptors (Lipinski definition) is 3. The highest BCUT2D eigenvalue weighted by Crippen LogP contribution is 2.31. The smallest absolute Gasteiger partial charge is 0.100 e. The Bertz CT molecular complexity index is 367. The van der Waals surface area contributed by atoms with Crippen LogP contribution in [0.2, 0.25) is 0 Å². The summed E-state index contributed by atoms with van der Waals surface area (Å²) in [5, 5.41) is 14.3. The fraction of sp³-hybridized carbons (Fsp3) is 0.583. The largest absolute Gasteiger partial charge is 0.384 e. The van der Waals surface area contributed by atoms with Gasteiger partial charge in [-0.3, -0.25) is 4.68 Å². The first-order valence-corrected chi connectivity index (χ1v) is 5.64. The first kappa shape index (κ1) is 11.4. The van der Waals surface area contributed by atoms with E-state index in [1.807, 2.05) is 13.2 Å². The molecule has 0 radical (unpaired) electrons. The number of nitrogens with zero attached hydrogens (tertiary/aromatic N) is 2. The summed E-state index contributed by atoms with van der Waals surface area (Å²) in [5.41, 5.74) is 1.88. The van der Waals surface area contributed by atoms with Crippen molar-refractivity contribution in [1.29, 1.82) is 0 Å². The second-order valence-corrected chi connectivity index (χ2v) is 4.21. The van der Waals surface area contributed by atoms with Crippen LogP contribution < -0.4 is 0 Å². The monoisotopic (exact) mass is 222 g/mol. The Morgan fingerprint density at radius 2 is 2.31 bits per heavy atom. The van der Waals surface area contributed by atoms with E-state index in [0.29, 0.717) is 5.92 Å². The zero-order valence-corrected chi connectivity index (χ0v) is 9.59. The number of aliphatic hydroxyl groups is 1. The average Bonchev–Trinajstić information content (AvgIpc) is 2.71. The third-order valence-electron chi connectivity index (χ3n) is 3.04. The number of aromatic nitrogens is 2. The maximum Gasteiger partial charge on any atom is 0.100 e. The van der Waals surface area contributed by atoms with Gasteiger partial charge >= 0.3 is 0 Å². The third kappa shape index (κ3) is 2.18. The van der Waals surface area contributed by atoms with E-state index in [-0.39, 0.29) is 0 Å². The van der Waals surface area contributed by atoms with E-state index < -0.39 is 6.10 Å². The van der Waals surface area contributed by atoms with E-state index in [1.54, 1.807) is 10.8 Å². The molecule has 0 saturated carbocycles. The zero-order chi connectivity index (χ0) is 11.5. The molecule has 4 heteroatoms. The number of aliphatic hydroxyl groups excluding tert-OH is 1. The zero-order valence-electron chi connectivity index (χ0n) is 9.59. The molecule has 2 heterocycles. The van der Waals surface area contributed by atoms with Crippen LogP contribution in [0, 0.1) is 0 Å². The number of rotatable bonds is 3. The minimum atomic E-state index is -0.619. The predicted molar refractivity (Wildman–Crippen MR) is 61.2 cm³/mol. The maximum absolute atomic E-state index is 9.85. The van der Waals surface area contributed by atoms with Crippen LogP contribution >= 0.6 is 0 Å². The van der Waals surface area contributed by atoms with Gasteiger partial charge in [0.15, 0.2) is 0 Å². The summed E-state index contributed by atoms with van der Waals surface area (Å²) < 4.78 is 7.09. The summed E-state index contributed by atoms with van der Waals surface area (Å²) in [4.78, 5) is 0. The van der Waals surface area contributed by atoms with Gasteiger partial charge in [-0.1, -0.05) is 6.08 Å². The first-order chi connectivity index (χ1) is 7.72. The van der Waals surface area contributed by atoms with Crippen molar-refractivity contribution in [2.75, 3.05) is 13.2 Å². The Kier molecular flexibility index (Phi) is 3.41. The van der Waals surface area contributed by atoms with E-state index in [4.69, 9.17) is 4.74 Å². The number of hydrogen-bond donors (Lipinski definition) is 1. The third-order valence-corrected chi connectivity index (χ3v) is 3.04. The molecule has 4 nitrogen and oxygen atoms in total. The second kappa shape index (κ2) is 4.80. The molecule has 0 spiro atoms. The second-order valence-electron chi connectivity index (χ2n) is 4.21. The molecule has 1 aliphatic heterocycles. The minimum absolute atomic E-state index is 0.402. The van der Waals surface area contributed by atoms with Crippen molar-refractivity contribution in [2.45, 2.75) is 24.9 Å². The molecule has 16 heavy (non-hydrogen) atoms. The van der Waals surface area contributed by atoms with Crippen LogP contribution in [-0.4, -0.2) is 28.1 Å². The van der Waals surface area contributed by atoms with Crippen molar-refractivity contribution >= 4 is 0 Å². The van der Waals surface area contributed by atoms with Gasteiger partial charge in [-0.05, 0) is 12.8 Å². The van der Waals surface area contributed by atoms with Crippen LogP contribution in [0.15, 0.2) is 18.9 Å². The standard InChI is InChI=1S/C12H18N2O2/c1-3-11(15)10-8-14(2)13-12(10)9-4-6-16-7-5-9/h3,8-9,11,15H,1,4-7H2,2H3. The van der Waals surface area contributed by atoms with E-state index in [0.717, 1.165) is 37.3 Å². The molecule has 1 N–H and O–H groups in total. The fourth-order valence-corrected chi connectivity index (χ4v) is 2.17. The Hall–Kier alpha value is -1.13. The molecule has 1 saturated heterocycles. The summed E-state index contributed by atoms with van der Waals surface area (Å²) in [5.74, 6) is 0.402. The van der Waals surface area contributed by atoms with Crippen LogP contribution in [-0.2, 0) is 11.8 Å². The summed E-state index contributed by atoms with van der Waals surface area (Å²) >= 11 is 0. The summed E-state index contributed by atoms with van der Waals surface area (Å²) in [6.07, 6.45) is 4.75. The lowest BCUT2D eigenvalue weighted by molar-refractivity contribution is 0.0837. The normalized spacial score (nSPS) is 19.6. The van der Waals surface area contributed by atoms with Crippen molar-refractivity contribution in [1.82, 2.24) is 9.78 Å². The first-order valence-electron chi connectivity index (χ1n) is 5.64. The Labute approximate surface area is 95.5 Å². The molecule has 2 rings (SSSR count). The molecule has 1 atom stereocenters. The van der Waals surface area contributed by atoms with E-state index in [9.17, 15) is 5.11 Å². The topological polar surface area (TPSA) is 47.3 Å². The van der Waals surface area contributed by atoms with Crippen LogP contribution in [0.25, 0.3) is 0 Å². The molecule has 1 aromatic heterocycles. The van der Waals surface area contributed by atoms with Crippen LogP contribution in [0.5, 0.6) is 0 Å². The van der Waals surface area contributed by atoms with Gasteiger partial charge in [0.25, 0.3) is 0 Å². The predicted octanol–water partition coefficient (Wildman–Crippen LogP) is 1.53. The molecule has 88 valence electrons.